The third kappa shape index (κ3) is 2.83. The molecule has 0 fully saturated rings. The second-order valence-electron chi connectivity index (χ2n) is 1.52. The molecule has 0 aliphatic rings. The first-order chi connectivity index (χ1) is 5.08. The van der Waals surface area contributed by atoms with Crippen LogP contribution in [0.2, 0.25) is 0 Å². The van der Waals surface area contributed by atoms with Gasteiger partial charge in [-0.3, -0.25) is 0 Å². The van der Waals surface area contributed by atoms with Crippen LogP contribution in [0, 0.1) is 6.07 Å². The van der Waals surface area contributed by atoms with Crippen molar-refractivity contribution < 1.29 is 17.9 Å². The molecule has 0 bridgehead atoms. The maximum Gasteiger partial charge on any atom is 0.574 e. The summed E-state index contributed by atoms with van der Waals surface area (Å²) in [5, 5.41) is 0. The molecule has 0 aliphatic carbocycles. The predicted octanol–water partition coefficient (Wildman–Crippen LogP) is 1.18. The van der Waals surface area contributed by atoms with E-state index >= 15 is 0 Å². The summed E-state index contributed by atoms with van der Waals surface area (Å²) in [4.78, 5) is 6.52. The molecule has 0 saturated heterocycles. The van der Waals surface area contributed by atoms with Gasteiger partial charge in [0.15, 0.2) is 0 Å². The lowest BCUT2D eigenvalue weighted by Gasteiger charge is -2.05. The van der Waals surface area contributed by atoms with Crippen LogP contribution in [0.5, 0.6) is 5.88 Å². The Labute approximate surface area is 59.8 Å². The Morgan fingerprint density at radius 2 is 2.18 bits per heavy atom. The average molecular weight is 163 g/mol. The van der Waals surface area contributed by atoms with Crippen molar-refractivity contribution >= 4 is 0 Å². The molecule has 11 heavy (non-hydrogen) atoms. The van der Waals surface area contributed by atoms with E-state index in [1.54, 1.807) is 0 Å². The number of hydrogen-bond acceptors (Lipinski definition) is 3. The summed E-state index contributed by atoms with van der Waals surface area (Å²) in [7, 11) is 0. The van der Waals surface area contributed by atoms with Gasteiger partial charge in [-0.25, -0.2) is 9.97 Å². The van der Waals surface area contributed by atoms with Crippen molar-refractivity contribution in [2.24, 2.45) is 0 Å². The normalized spacial score (nSPS) is 11.2. The molecule has 0 amide bonds. The van der Waals surface area contributed by atoms with Crippen LogP contribution < -0.4 is 4.74 Å². The standard InChI is InChI=1S/C5H2F3N2O/c6-5(7,8)11-4-1-2-9-3-10-4/h2-3H. The summed E-state index contributed by atoms with van der Waals surface area (Å²) in [6.45, 7) is 0. The van der Waals surface area contributed by atoms with Gasteiger partial charge < -0.3 is 4.74 Å². The number of alkyl halides is 3. The maximum atomic E-state index is 11.4. The van der Waals surface area contributed by atoms with E-state index in [4.69, 9.17) is 0 Å². The Balaban J connectivity index is 2.66. The molecular weight excluding hydrogens is 161 g/mol. The lowest BCUT2D eigenvalue weighted by molar-refractivity contribution is -0.276. The molecule has 0 unspecified atom stereocenters. The van der Waals surface area contributed by atoms with Gasteiger partial charge in [-0.2, -0.15) is 0 Å². The second kappa shape index (κ2) is 2.73. The SMILES string of the molecule is FC(F)(F)Oc1[c]cncn1. The van der Waals surface area contributed by atoms with Gasteiger partial charge in [-0.15, -0.1) is 13.2 Å². The highest BCUT2D eigenvalue weighted by Gasteiger charge is 2.31. The van der Waals surface area contributed by atoms with E-state index < -0.39 is 12.2 Å². The van der Waals surface area contributed by atoms with E-state index in [2.05, 4.69) is 20.8 Å². The second-order valence-corrected chi connectivity index (χ2v) is 1.52. The Hall–Kier alpha value is -1.33. The van der Waals surface area contributed by atoms with Crippen LogP contribution in [0.15, 0.2) is 12.5 Å². The molecule has 1 radical (unpaired) electrons. The van der Waals surface area contributed by atoms with E-state index in [9.17, 15) is 13.2 Å². The van der Waals surface area contributed by atoms with Crippen LogP contribution in [0.1, 0.15) is 0 Å². The highest BCUT2D eigenvalue weighted by molar-refractivity contribution is 5.01. The zero-order valence-electron chi connectivity index (χ0n) is 5.09. The predicted molar refractivity (Wildman–Crippen MR) is 27.6 cm³/mol. The monoisotopic (exact) mass is 163 g/mol. The third-order valence-corrected chi connectivity index (χ3v) is 0.717. The molecule has 0 atom stereocenters. The molecular formula is C5H2F3N2O. The van der Waals surface area contributed by atoms with Gasteiger partial charge in [0.2, 0.25) is 5.88 Å². The molecule has 0 N–H and O–H groups in total. The molecule has 3 nitrogen and oxygen atoms in total. The summed E-state index contributed by atoms with van der Waals surface area (Å²) < 4.78 is 37.7. The van der Waals surface area contributed by atoms with Crippen molar-refractivity contribution in [1.82, 2.24) is 9.97 Å². The van der Waals surface area contributed by atoms with Gasteiger partial charge >= 0.3 is 6.36 Å². The first-order valence-electron chi connectivity index (χ1n) is 2.51. The van der Waals surface area contributed by atoms with Crippen LogP contribution in [0.4, 0.5) is 13.2 Å². The summed E-state index contributed by atoms with van der Waals surface area (Å²) in [5.41, 5.74) is 0. The number of rotatable bonds is 1. The fourth-order valence-electron chi connectivity index (χ4n) is 0.414. The van der Waals surface area contributed by atoms with Gasteiger partial charge in [0.1, 0.15) is 6.33 Å². The van der Waals surface area contributed by atoms with E-state index in [-0.39, 0.29) is 0 Å². The molecule has 1 aromatic heterocycles. The van der Waals surface area contributed by atoms with E-state index in [1.807, 2.05) is 0 Å². The van der Waals surface area contributed by atoms with Crippen molar-refractivity contribution in [3.8, 4) is 5.88 Å². The number of hydrogen-bond donors (Lipinski definition) is 0. The number of ether oxygens (including phenoxy) is 1. The smallest absolute Gasteiger partial charge is 0.387 e. The van der Waals surface area contributed by atoms with Gasteiger partial charge in [0.05, 0.1) is 6.07 Å². The fraction of sp³-hybridized carbons (Fsp3) is 0.200. The van der Waals surface area contributed by atoms with Gasteiger partial charge in [0.25, 0.3) is 0 Å². The van der Waals surface area contributed by atoms with Crippen LogP contribution in [0.25, 0.3) is 0 Å². The maximum absolute atomic E-state index is 11.4. The highest BCUT2D eigenvalue weighted by Crippen LogP contribution is 2.18. The van der Waals surface area contributed by atoms with Gasteiger partial charge in [-0.1, -0.05) is 0 Å². The number of nitrogens with zero attached hydrogens (tertiary/aromatic N) is 2. The minimum atomic E-state index is -4.72. The number of aromatic nitrogens is 2. The molecule has 1 aromatic rings. The quantitative estimate of drug-likeness (QED) is 0.623. The van der Waals surface area contributed by atoms with Crippen molar-refractivity contribution in [3.05, 3.63) is 18.6 Å². The number of halogens is 3. The van der Waals surface area contributed by atoms with Crippen LogP contribution in [-0.4, -0.2) is 16.3 Å². The summed E-state index contributed by atoms with van der Waals surface area (Å²) >= 11 is 0. The third-order valence-electron chi connectivity index (χ3n) is 0.717. The minimum absolute atomic E-state index is 0.632. The fourth-order valence-corrected chi connectivity index (χ4v) is 0.414. The molecule has 1 rings (SSSR count). The summed E-state index contributed by atoms with van der Waals surface area (Å²) in [5.74, 6) is -0.632. The lowest BCUT2D eigenvalue weighted by atomic mass is 10.6. The zero-order valence-corrected chi connectivity index (χ0v) is 5.09. The minimum Gasteiger partial charge on any atom is -0.387 e. The Kier molecular flexibility index (Phi) is 1.93. The van der Waals surface area contributed by atoms with Crippen molar-refractivity contribution in [2.75, 3.05) is 0 Å². The van der Waals surface area contributed by atoms with E-state index in [0.29, 0.717) is 0 Å². The van der Waals surface area contributed by atoms with Crippen molar-refractivity contribution in [2.45, 2.75) is 6.36 Å². The lowest BCUT2D eigenvalue weighted by Crippen LogP contribution is -2.17. The first kappa shape index (κ1) is 7.77. The topological polar surface area (TPSA) is 35.0 Å². The van der Waals surface area contributed by atoms with Crippen LogP contribution >= 0.6 is 0 Å². The van der Waals surface area contributed by atoms with E-state index in [0.717, 1.165) is 12.5 Å². The Morgan fingerprint density at radius 1 is 1.45 bits per heavy atom. The summed E-state index contributed by atoms with van der Waals surface area (Å²) in [6.07, 6.45) is -2.74. The molecule has 0 aromatic carbocycles. The van der Waals surface area contributed by atoms with Gasteiger partial charge in [0, 0.05) is 6.20 Å². The zero-order chi connectivity index (χ0) is 8.32. The molecule has 59 valence electrons. The molecule has 1 heterocycles. The average Bonchev–Trinajstić information content (AvgIpc) is 1.85. The Morgan fingerprint density at radius 3 is 2.64 bits per heavy atom. The van der Waals surface area contributed by atoms with Crippen molar-refractivity contribution in [1.29, 1.82) is 0 Å². The Bertz CT molecular complexity index is 223. The van der Waals surface area contributed by atoms with Crippen LogP contribution in [0.3, 0.4) is 0 Å². The molecule has 0 aliphatic heterocycles. The highest BCUT2D eigenvalue weighted by atomic mass is 19.4. The van der Waals surface area contributed by atoms with Crippen molar-refractivity contribution in [3.63, 3.8) is 0 Å². The van der Waals surface area contributed by atoms with Crippen LogP contribution in [-0.2, 0) is 0 Å². The van der Waals surface area contributed by atoms with E-state index in [1.165, 1.54) is 0 Å². The molecule has 0 spiro atoms. The van der Waals surface area contributed by atoms with Gasteiger partial charge in [-0.05, 0) is 0 Å². The summed E-state index contributed by atoms with van der Waals surface area (Å²) in [6, 6.07) is 2.06. The largest absolute Gasteiger partial charge is 0.574 e. The first-order valence-corrected chi connectivity index (χ1v) is 2.51. The molecule has 0 saturated carbocycles. The molecule has 6 heteroatoms.